The Kier molecular flexibility index (Phi) is 10.2. The molecule has 2 heterocycles. The summed E-state index contributed by atoms with van der Waals surface area (Å²) in [6.45, 7) is 0. The van der Waals surface area contributed by atoms with E-state index in [1.54, 1.807) is 0 Å². The Morgan fingerprint density at radius 2 is 0.808 bits per heavy atom. The van der Waals surface area contributed by atoms with Gasteiger partial charge in [0.2, 0.25) is 0 Å². The molecule has 0 unspecified atom stereocenters. The highest BCUT2D eigenvalue weighted by Gasteiger charge is 2.05. The zero-order valence-corrected chi connectivity index (χ0v) is 18.4. The van der Waals surface area contributed by atoms with E-state index in [1.165, 1.54) is 0 Å². The molecule has 0 spiro atoms. The molecular formula is C18H26N4S4. The number of aryl methyl sites for hydroxylation is 2. The molecule has 0 saturated carbocycles. The van der Waals surface area contributed by atoms with Gasteiger partial charge in [0.25, 0.3) is 0 Å². The van der Waals surface area contributed by atoms with E-state index < -0.39 is 0 Å². The van der Waals surface area contributed by atoms with Crippen LogP contribution in [0.3, 0.4) is 0 Å². The molecule has 142 valence electrons. The van der Waals surface area contributed by atoms with E-state index in [0.717, 1.165) is 72.9 Å². The molecule has 0 radical (unpaired) electrons. The van der Waals surface area contributed by atoms with Crippen LogP contribution in [0.15, 0.2) is 12.1 Å². The summed E-state index contributed by atoms with van der Waals surface area (Å²) in [6, 6.07) is 3.95. The average molecular weight is 427 g/mol. The van der Waals surface area contributed by atoms with E-state index >= 15 is 0 Å². The van der Waals surface area contributed by atoms with E-state index in [0.29, 0.717) is 23.0 Å². The van der Waals surface area contributed by atoms with Gasteiger partial charge in [-0.1, -0.05) is 12.8 Å². The maximum Gasteiger partial charge on any atom is 0.128 e. The van der Waals surface area contributed by atoms with Crippen LogP contribution in [0.1, 0.15) is 60.1 Å². The van der Waals surface area contributed by atoms with E-state index in [4.69, 9.17) is 0 Å². The molecule has 0 bridgehead atoms. The van der Waals surface area contributed by atoms with Crippen LogP contribution in [-0.4, -0.2) is 19.9 Å². The summed E-state index contributed by atoms with van der Waals surface area (Å²) in [7, 11) is 0. The lowest BCUT2D eigenvalue weighted by Gasteiger charge is -2.07. The molecule has 0 N–H and O–H groups in total. The molecule has 26 heavy (non-hydrogen) atoms. The fraction of sp³-hybridized carbons (Fsp3) is 0.556. The molecule has 0 aliphatic rings. The van der Waals surface area contributed by atoms with Crippen molar-refractivity contribution in [2.75, 3.05) is 0 Å². The maximum absolute atomic E-state index is 4.55. The highest BCUT2D eigenvalue weighted by molar-refractivity contribution is 7.79. The zero-order valence-electron chi connectivity index (χ0n) is 14.8. The second kappa shape index (κ2) is 12.1. The predicted octanol–water partition coefficient (Wildman–Crippen LogP) is 4.33. The van der Waals surface area contributed by atoms with Crippen LogP contribution in [0, 0.1) is 0 Å². The van der Waals surface area contributed by atoms with Crippen molar-refractivity contribution in [1.82, 2.24) is 19.9 Å². The smallest absolute Gasteiger partial charge is 0.128 e. The second-order valence-corrected chi connectivity index (χ2v) is 7.35. The van der Waals surface area contributed by atoms with E-state index in [1.807, 2.05) is 12.1 Å². The Bertz CT molecular complexity index is 593. The lowest BCUT2D eigenvalue weighted by Crippen LogP contribution is -2.03. The third kappa shape index (κ3) is 7.29. The minimum Gasteiger partial charge on any atom is -0.237 e. The lowest BCUT2D eigenvalue weighted by atomic mass is 10.1. The van der Waals surface area contributed by atoms with Crippen LogP contribution in [0.4, 0.5) is 0 Å². The Hall–Kier alpha value is -0.440. The zero-order chi connectivity index (χ0) is 18.8. The predicted molar refractivity (Wildman–Crippen MR) is 121 cm³/mol. The molecule has 0 amide bonds. The molecule has 0 aromatic carbocycles. The molecule has 8 heteroatoms. The van der Waals surface area contributed by atoms with Crippen molar-refractivity contribution < 1.29 is 0 Å². The Morgan fingerprint density at radius 1 is 0.500 bits per heavy atom. The Morgan fingerprint density at radius 3 is 1.08 bits per heavy atom. The fourth-order valence-electron chi connectivity index (χ4n) is 2.69. The molecule has 2 aromatic rings. The van der Waals surface area contributed by atoms with Gasteiger partial charge >= 0.3 is 0 Å². The minimum atomic E-state index is 0.635. The van der Waals surface area contributed by atoms with Crippen molar-refractivity contribution >= 4 is 50.5 Å². The number of rotatable bonds is 11. The second-order valence-electron chi connectivity index (χ2n) is 6.08. The highest BCUT2D eigenvalue weighted by Crippen LogP contribution is 2.12. The van der Waals surface area contributed by atoms with Gasteiger partial charge in [-0.2, -0.15) is 50.5 Å². The number of hydrogen-bond acceptors (Lipinski definition) is 8. The average Bonchev–Trinajstić information content (AvgIpc) is 2.69. The summed E-state index contributed by atoms with van der Waals surface area (Å²) in [6.07, 6.45) is 6.27. The molecule has 0 aliphatic heterocycles. The van der Waals surface area contributed by atoms with E-state index in [9.17, 15) is 0 Å². The largest absolute Gasteiger partial charge is 0.237 e. The Balaban J connectivity index is 1.74. The van der Waals surface area contributed by atoms with Crippen molar-refractivity contribution in [1.29, 1.82) is 0 Å². The summed E-state index contributed by atoms with van der Waals surface area (Å²) < 4.78 is 0. The number of unbranched alkanes of at least 4 members (excludes halogenated alkanes) is 3. The standard InChI is InChI=1S/C18H26N4S4/c23-9-13-7-14(10-24)20-17(19-13)5-3-1-2-4-6-18-21-15(11-25)8-16(12-26)22-18/h7-8,23-26H,1-6,9-12H2. The molecule has 2 aromatic heterocycles. The topological polar surface area (TPSA) is 51.6 Å². The van der Waals surface area contributed by atoms with E-state index in [-0.39, 0.29) is 0 Å². The van der Waals surface area contributed by atoms with Gasteiger partial charge < -0.3 is 0 Å². The monoisotopic (exact) mass is 426 g/mol. The van der Waals surface area contributed by atoms with Gasteiger partial charge in [0.05, 0.1) is 22.8 Å². The Labute approximate surface area is 178 Å². The van der Waals surface area contributed by atoms with E-state index in [2.05, 4.69) is 70.5 Å². The number of hydrogen-bond donors (Lipinski definition) is 4. The van der Waals surface area contributed by atoms with Gasteiger partial charge in [0, 0.05) is 35.9 Å². The fourth-order valence-corrected chi connectivity index (χ4v) is 3.34. The number of aromatic nitrogens is 4. The van der Waals surface area contributed by atoms with Gasteiger partial charge in [-0.25, -0.2) is 19.9 Å². The van der Waals surface area contributed by atoms with Crippen LogP contribution in [-0.2, 0) is 35.9 Å². The van der Waals surface area contributed by atoms with Crippen LogP contribution in [0.2, 0.25) is 0 Å². The first kappa shape index (κ1) is 21.9. The summed E-state index contributed by atoms with van der Waals surface area (Å²) >= 11 is 17.2. The first-order valence-electron chi connectivity index (χ1n) is 8.83. The van der Waals surface area contributed by atoms with Gasteiger partial charge in [0.15, 0.2) is 0 Å². The summed E-state index contributed by atoms with van der Waals surface area (Å²) in [4.78, 5) is 18.2. The molecule has 0 aliphatic carbocycles. The molecule has 0 saturated heterocycles. The molecule has 4 nitrogen and oxygen atoms in total. The normalized spacial score (nSPS) is 11.1. The van der Waals surface area contributed by atoms with Crippen LogP contribution >= 0.6 is 50.5 Å². The van der Waals surface area contributed by atoms with Gasteiger partial charge in [0.1, 0.15) is 11.6 Å². The van der Waals surface area contributed by atoms with Crippen molar-refractivity contribution in [2.24, 2.45) is 0 Å². The first-order chi connectivity index (χ1) is 12.7. The van der Waals surface area contributed by atoms with Crippen molar-refractivity contribution in [3.05, 3.63) is 46.6 Å². The SMILES string of the molecule is SCc1cc(CS)nc(CCCCCCc2nc(CS)cc(CS)n2)n1. The van der Waals surface area contributed by atoms with Crippen LogP contribution in [0.5, 0.6) is 0 Å². The lowest BCUT2D eigenvalue weighted by molar-refractivity contribution is 0.617. The third-order valence-corrected chi connectivity index (χ3v) is 5.25. The summed E-state index contributed by atoms with van der Waals surface area (Å²) in [5.41, 5.74) is 3.90. The molecule has 0 fully saturated rings. The van der Waals surface area contributed by atoms with Crippen LogP contribution < -0.4 is 0 Å². The maximum atomic E-state index is 4.55. The van der Waals surface area contributed by atoms with Gasteiger partial charge in [-0.15, -0.1) is 0 Å². The summed E-state index contributed by atoms with van der Waals surface area (Å²) in [5.74, 6) is 4.35. The molecule has 2 rings (SSSR count). The quantitative estimate of drug-likeness (QED) is 0.319. The molecular weight excluding hydrogens is 400 g/mol. The highest BCUT2D eigenvalue weighted by atomic mass is 32.1. The van der Waals surface area contributed by atoms with Crippen molar-refractivity contribution in [2.45, 2.75) is 61.5 Å². The minimum absolute atomic E-state index is 0.635. The van der Waals surface area contributed by atoms with Crippen molar-refractivity contribution in [3.8, 4) is 0 Å². The van der Waals surface area contributed by atoms with Crippen LogP contribution in [0.25, 0.3) is 0 Å². The van der Waals surface area contributed by atoms with Gasteiger partial charge in [-0.3, -0.25) is 0 Å². The van der Waals surface area contributed by atoms with Gasteiger partial charge in [-0.05, 0) is 25.0 Å². The summed E-state index contributed by atoms with van der Waals surface area (Å²) in [5, 5.41) is 0. The number of nitrogens with zero attached hydrogens (tertiary/aromatic N) is 4. The molecule has 0 atom stereocenters. The number of thiol groups is 4. The first-order valence-corrected chi connectivity index (χ1v) is 11.4. The third-order valence-electron chi connectivity index (χ3n) is 3.96. The van der Waals surface area contributed by atoms with Crippen molar-refractivity contribution in [3.63, 3.8) is 0 Å².